The zero-order valence-electron chi connectivity index (χ0n) is 42.0. The van der Waals surface area contributed by atoms with Crippen LogP contribution in [0.2, 0.25) is 0 Å². The van der Waals surface area contributed by atoms with E-state index in [0.29, 0.717) is 12.8 Å². The van der Waals surface area contributed by atoms with E-state index in [-0.39, 0.29) is 12.5 Å². The van der Waals surface area contributed by atoms with E-state index in [2.05, 4.69) is 31.3 Å². The molecule has 0 aliphatic rings. The fourth-order valence-electron chi connectivity index (χ4n) is 9.18. The van der Waals surface area contributed by atoms with Crippen LogP contribution in [0.5, 0.6) is 0 Å². The van der Waals surface area contributed by atoms with E-state index in [1.807, 2.05) is 0 Å². The lowest BCUT2D eigenvalue weighted by atomic mass is 10.0. The zero-order chi connectivity index (χ0) is 44.2. The number of unbranched alkanes of at least 4 members (excludes halogenated alkanes) is 44. The Morgan fingerprint density at radius 1 is 0.377 bits per heavy atom. The van der Waals surface area contributed by atoms with Crippen LogP contribution in [0.15, 0.2) is 12.2 Å². The molecule has 4 heteroatoms. The Balaban J connectivity index is 3.42. The molecule has 0 aromatic heterocycles. The van der Waals surface area contributed by atoms with Crippen molar-refractivity contribution in [2.24, 2.45) is 0 Å². The van der Waals surface area contributed by atoms with E-state index in [4.69, 9.17) is 0 Å². The summed E-state index contributed by atoms with van der Waals surface area (Å²) in [5, 5.41) is 23.3. The summed E-state index contributed by atoms with van der Waals surface area (Å²) in [7, 11) is 0. The molecule has 2 atom stereocenters. The van der Waals surface area contributed by atoms with E-state index >= 15 is 0 Å². The maximum Gasteiger partial charge on any atom is 0.220 e. The van der Waals surface area contributed by atoms with Crippen LogP contribution in [0.1, 0.15) is 328 Å². The summed E-state index contributed by atoms with van der Waals surface area (Å²) >= 11 is 0. The average molecular weight is 861 g/mol. The van der Waals surface area contributed by atoms with Crippen molar-refractivity contribution in [2.45, 2.75) is 341 Å². The van der Waals surface area contributed by atoms with E-state index in [1.165, 1.54) is 276 Å². The van der Waals surface area contributed by atoms with Crippen LogP contribution < -0.4 is 5.32 Å². The third-order valence-electron chi connectivity index (χ3n) is 13.5. The molecule has 4 nitrogen and oxygen atoms in total. The molecule has 0 aromatic carbocycles. The van der Waals surface area contributed by atoms with Gasteiger partial charge >= 0.3 is 0 Å². The summed E-state index contributed by atoms with van der Waals surface area (Å²) in [6, 6.07) is -0.534. The second kappa shape index (κ2) is 53.5. The first-order valence-electron chi connectivity index (χ1n) is 28.4. The van der Waals surface area contributed by atoms with Crippen LogP contribution in [0.25, 0.3) is 0 Å². The maximum atomic E-state index is 12.5. The van der Waals surface area contributed by atoms with Crippen molar-refractivity contribution in [3.63, 3.8) is 0 Å². The summed E-state index contributed by atoms with van der Waals surface area (Å²) in [5.74, 6) is -0.0252. The van der Waals surface area contributed by atoms with E-state index in [1.54, 1.807) is 0 Å². The molecule has 0 aliphatic carbocycles. The number of carbonyl (C=O) groups is 1. The molecule has 364 valence electrons. The first-order valence-corrected chi connectivity index (χ1v) is 28.4. The van der Waals surface area contributed by atoms with Gasteiger partial charge in [-0.2, -0.15) is 0 Å². The van der Waals surface area contributed by atoms with Crippen molar-refractivity contribution < 1.29 is 15.0 Å². The van der Waals surface area contributed by atoms with Crippen LogP contribution in [0.4, 0.5) is 0 Å². The second-order valence-corrected chi connectivity index (χ2v) is 19.7. The van der Waals surface area contributed by atoms with Gasteiger partial charge in [0.05, 0.1) is 18.8 Å². The molecule has 0 bridgehead atoms. The average Bonchev–Trinajstić information content (AvgIpc) is 3.26. The fourth-order valence-corrected chi connectivity index (χ4v) is 9.18. The molecular formula is C57H113NO3. The molecule has 0 heterocycles. The lowest BCUT2D eigenvalue weighted by Crippen LogP contribution is -2.45. The van der Waals surface area contributed by atoms with Gasteiger partial charge < -0.3 is 15.5 Å². The van der Waals surface area contributed by atoms with Gasteiger partial charge in [0, 0.05) is 6.42 Å². The largest absolute Gasteiger partial charge is 0.394 e. The van der Waals surface area contributed by atoms with Crippen molar-refractivity contribution in [1.82, 2.24) is 5.32 Å². The summed E-state index contributed by atoms with van der Waals surface area (Å²) in [6.07, 6.45) is 69.2. The monoisotopic (exact) mass is 860 g/mol. The lowest BCUT2D eigenvalue weighted by Gasteiger charge is -2.22. The second-order valence-electron chi connectivity index (χ2n) is 19.7. The Morgan fingerprint density at radius 2 is 0.623 bits per heavy atom. The van der Waals surface area contributed by atoms with Crippen molar-refractivity contribution in [1.29, 1.82) is 0 Å². The van der Waals surface area contributed by atoms with E-state index in [0.717, 1.165) is 25.7 Å². The van der Waals surface area contributed by atoms with Gasteiger partial charge in [0.2, 0.25) is 5.91 Å². The number of aliphatic hydroxyl groups is 2. The Kier molecular flexibility index (Phi) is 52.7. The molecule has 0 saturated carbocycles. The molecule has 2 unspecified atom stereocenters. The Hall–Kier alpha value is -0.870. The predicted octanol–water partition coefficient (Wildman–Crippen LogP) is 18.5. The molecule has 0 saturated heterocycles. The van der Waals surface area contributed by atoms with Crippen molar-refractivity contribution in [2.75, 3.05) is 6.61 Å². The third-order valence-corrected chi connectivity index (χ3v) is 13.5. The van der Waals surface area contributed by atoms with Gasteiger partial charge in [0.1, 0.15) is 0 Å². The number of aliphatic hydroxyl groups excluding tert-OH is 2. The Bertz CT molecular complexity index is 844. The van der Waals surface area contributed by atoms with Crippen molar-refractivity contribution in [3.8, 4) is 0 Å². The highest BCUT2D eigenvalue weighted by Gasteiger charge is 2.20. The quantitative estimate of drug-likeness (QED) is 0.0421. The van der Waals surface area contributed by atoms with Gasteiger partial charge in [0.15, 0.2) is 0 Å². The van der Waals surface area contributed by atoms with Crippen molar-refractivity contribution in [3.05, 3.63) is 12.2 Å². The molecule has 0 spiro atoms. The topological polar surface area (TPSA) is 69.6 Å². The number of allylic oxidation sites excluding steroid dienone is 2. The van der Waals surface area contributed by atoms with Gasteiger partial charge in [0.25, 0.3) is 0 Å². The van der Waals surface area contributed by atoms with Gasteiger partial charge in [-0.25, -0.2) is 0 Å². The third kappa shape index (κ3) is 50.0. The Morgan fingerprint density at radius 3 is 0.902 bits per heavy atom. The number of amides is 1. The fraction of sp³-hybridized carbons (Fsp3) is 0.947. The number of rotatable bonds is 53. The number of nitrogens with one attached hydrogen (secondary N) is 1. The lowest BCUT2D eigenvalue weighted by molar-refractivity contribution is -0.123. The van der Waals surface area contributed by atoms with Gasteiger partial charge in [-0.15, -0.1) is 0 Å². The minimum absolute atomic E-state index is 0.0252. The molecule has 0 aliphatic heterocycles. The molecule has 3 N–H and O–H groups in total. The molecule has 61 heavy (non-hydrogen) atoms. The van der Waals surface area contributed by atoms with Crippen LogP contribution in [-0.4, -0.2) is 34.9 Å². The van der Waals surface area contributed by atoms with Crippen molar-refractivity contribution >= 4 is 5.91 Å². The minimum atomic E-state index is -0.657. The summed E-state index contributed by atoms with van der Waals surface area (Å²) in [4.78, 5) is 12.5. The summed E-state index contributed by atoms with van der Waals surface area (Å²) in [5.41, 5.74) is 0. The van der Waals surface area contributed by atoms with Crippen LogP contribution >= 0.6 is 0 Å². The van der Waals surface area contributed by atoms with Gasteiger partial charge in [-0.05, 0) is 38.5 Å². The van der Waals surface area contributed by atoms with Crippen LogP contribution in [-0.2, 0) is 4.79 Å². The molecule has 0 rings (SSSR count). The first kappa shape index (κ1) is 60.1. The normalized spacial score (nSPS) is 12.8. The maximum absolute atomic E-state index is 12.5. The minimum Gasteiger partial charge on any atom is -0.394 e. The Labute approximate surface area is 384 Å². The molecular weight excluding hydrogens is 747 g/mol. The van der Waals surface area contributed by atoms with Gasteiger partial charge in [-0.1, -0.05) is 296 Å². The van der Waals surface area contributed by atoms with Gasteiger partial charge in [-0.3, -0.25) is 4.79 Å². The molecule has 0 radical (unpaired) electrons. The van der Waals surface area contributed by atoms with Crippen LogP contribution in [0.3, 0.4) is 0 Å². The van der Waals surface area contributed by atoms with E-state index < -0.39 is 12.1 Å². The highest BCUT2D eigenvalue weighted by molar-refractivity contribution is 5.76. The number of carbonyl (C=O) groups excluding carboxylic acids is 1. The highest BCUT2D eigenvalue weighted by Crippen LogP contribution is 2.18. The zero-order valence-corrected chi connectivity index (χ0v) is 42.0. The number of hydrogen-bond donors (Lipinski definition) is 3. The smallest absolute Gasteiger partial charge is 0.220 e. The summed E-state index contributed by atoms with van der Waals surface area (Å²) in [6.45, 7) is 4.40. The molecule has 1 amide bonds. The predicted molar refractivity (Wildman–Crippen MR) is 272 cm³/mol. The summed E-state index contributed by atoms with van der Waals surface area (Å²) < 4.78 is 0. The first-order chi connectivity index (χ1) is 30.2. The standard InChI is InChI=1S/C57H113NO3/c1-3-5-7-9-11-13-15-17-19-21-23-25-26-27-28-29-30-31-33-35-37-39-41-43-45-47-49-51-53-57(61)58-55(54-59)56(60)52-50-48-46-44-42-40-38-36-34-32-24-22-20-18-16-14-12-10-8-6-4-2/h27-28,55-56,59-60H,3-26,29-54H2,1-2H3,(H,58,61)/b28-27-. The molecule has 0 fully saturated rings. The highest BCUT2D eigenvalue weighted by atomic mass is 16.3. The number of hydrogen-bond acceptors (Lipinski definition) is 3. The molecule has 0 aromatic rings. The van der Waals surface area contributed by atoms with Crippen LogP contribution in [0, 0.1) is 0 Å². The van der Waals surface area contributed by atoms with E-state index in [9.17, 15) is 15.0 Å². The SMILES string of the molecule is CCCCCCCCCCCCCC/C=C\CCCCCCCCCCCCCCC(=O)NC(CO)C(O)CCCCCCCCCCCCCCCCCCCCCCC.